The Morgan fingerprint density at radius 1 is 1.10 bits per heavy atom. The summed E-state index contributed by atoms with van der Waals surface area (Å²) in [5.74, 6) is -0.982. The molecule has 1 aromatic heterocycles. The number of hydrogen-bond donors (Lipinski definition) is 1. The first-order valence-electron chi connectivity index (χ1n) is 6.30. The standard InChI is InChI=1S/C15H11N3O3/c19-14-12-3-1-2-4-13(12)16-17-18(14)9-10-5-7-11(8-6-10)15(20)21/h1-8H,9H2,(H,20,21). The van der Waals surface area contributed by atoms with Gasteiger partial charge in [0, 0.05) is 0 Å². The number of benzene rings is 2. The molecule has 0 bridgehead atoms. The lowest BCUT2D eigenvalue weighted by Gasteiger charge is -2.05. The second-order valence-electron chi connectivity index (χ2n) is 4.57. The predicted molar refractivity (Wildman–Crippen MR) is 76.3 cm³/mol. The van der Waals surface area contributed by atoms with E-state index in [1.807, 2.05) is 0 Å². The number of hydrogen-bond acceptors (Lipinski definition) is 4. The van der Waals surface area contributed by atoms with Gasteiger partial charge in [0.2, 0.25) is 0 Å². The highest BCUT2D eigenvalue weighted by molar-refractivity contribution is 5.87. The molecule has 3 rings (SSSR count). The summed E-state index contributed by atoms with van der Waals surface area (Å²) in [6, 6.07) is 13.3. The van der Waals surface area contributed by atoms with E-state index in [-0.39, 0.29) is 17.7 Å². The van der Waals surface area contributed by atoms with E-state index in [0.29, 0.717) is 10.9 Å². The highest BCUT2D eigenvalue weighted by Gasteiger charge is 2.06. The summed E-state index contributed by atoms with van der Waals surface area (Å²) in [4.78, 5) is 23.1. The van der Waals surface area contributed by atoms with Gasteiger partial charge in [-0.2, -0.15) is 0 Å². The topological polar surface area (TPSA) is 85.1 Å². The van der Waals surface area contributed by atoms with Crippen molar-refractivity contribution in [3.63, 3.8) is 0 Å². The molecule has 104 valence electrons. The molecule has 0 unspecified atom stereocenters. The van der Waals surface area contributed by atoms with Crippen LogP contribution < -0.4 is 5.56 Å². The lowest BCUT2D eigenvalue weighted by Crippen LogP contribution is -2.24. The van der Waals surface area contributed by atoms with Crippen molar-refractivity contribution < 1.29 is 9.90 Å². The van der Waals surface area contributed by atoms with E-state index in [2.05, 4.69) is 10.3 Å². The molecular weight excluding hydrogens is 270 g/mol. The van der Waals surface area contributed by atoms with Crippen LogP contribution in [0.3, 0.4) is 0 Å². The molecule has 0 saturated heterocycles. The molecule has 21 heavy (non-hydrogen) atoms. The molecule has 0 aliphatic heterocycles. The smallest absolute Gasteiger partial charge is 0.335 e. The first kappa shape index (κ1) is 13.0. The van der Waals surface area contributed by atoms with E-state index in [1.165, 1.54) is 16.8 Å². The summed E-state index contributed by atoms with van der Waals surface area (Å²) in [6.45, 7) is 0.247. The predicted octanol–water partition coefficient (Wildman–Crippen LogP) is 1.54. The number of rotatable bonds is 3. The minimum atomic E-state index is -0.982. The van der Waals surface area contributed by atoms with Gasteiger partial charge in [-0.1, -0.05) is 29.5 Å². The summed E-state index contributed by atoms with van der Waals surface area (Å²) in [5, 5.41) is 17.3. The van der Waals surface area contributed by atoms with E-state index in [1.54, 1.807) is 36.4 Å². The SMILES string of the molecule is O=C(O)c1ccc(Cn2nnc3ccccc3c2=O)cc1. The normalized spacial score (nSPS) is 10.7. The van der Waals surface area contributed by atoms with Crippen molar-refractivity contribution >= 4 is 16.9 Å². The molecule has 0 radical (unpaired) electrons. The van der Waals surface area contributed by atoms with Gasteiger partial charge in [-0.3, -0.25) is 4.79 Å². The Hall–Kier alpha value is -3.02. The molecule has 6 nitrogen and oxygen atoms in total. The van der Waals surface area contributed by atoms with Gasteiger partial charge >= 0.3 is 5.97 Å². The monoisotopic (exact) mass is 281 g/mol. The number of fused-ring (bicyclic) bond motifs is 1. The van der Waals surface area contributed by atoms with E-state index in [0.717, 1.165) is 5.56 Å². The molecule has 0 atom stereocenters. The van der Waals surface area contributed by atoms with Crippen LogP contribution in [-0.2, 0) is 6.54 Å². The van der Waals surface area contributed by atoms with Crippen molar-refractivity contribution in [1.29, 1.82) is 0 Å². The number of carboxylic acid groups (broad SMARTS) is 1. The average Bonchev–Trinajstić information content (AvgIpc) is 2.51. The molecular formula is C15H11N3O3. The second-order valence-corrected chi connectivity index (χ2v) is 4.57. The Morgan fingerprint density at radius 3 is 2.52 bits per heavy atom. The molecule has 1 N–H and O–H groups in total. The van der Waals surface area contributed by atoms with Gasteiger partial charge in [-0.25, -0.2) is 9.48 Å². The Bertz CT molecular complexity index is 869. The van der Waals surface area contributed by atoms with Crippen LogP contribution in [0.4, 0.5) is 0 Å². The lowest BCUT2D eigenvalue weighted by atomic mass is 10.1. The van der Waals surface area contributed by atoms with Crippen LogP contribution in [0.2, 0.25) is 0 Å². The number of carboxylic acids is 1. The van der Waals surface area contributed by atoms with Crippen LogP contribution in [-0.4, -0.2) is 26.1 Å². The van der Waals surface area contributed by atoms with Crippen LogP contribution in [0, 0.1) is 0 Å². The van der Waals surface area contributed by atoms with Gasteiger partial charge < -0.3 is 5.11 Å². The molecule has 0 aliphatic rings. The number of nitrogens with zero attached hydrogens (tertiary/aromatic N) is 3. The number of carbonyl (C=O) groups is 1. The van der Waals surface area contributed by atoms with Crippen molar-refractivity contribution in [2.45, 2.75) is 6.54 Å². The zero-order valence-corrected chi connectivity index (χ0v) is 10.9. The summed E-state index contributed by atoms with van der Waals surface area (Å²) in [5.41, 5.74) is 1.32. The fourth-order valence-corrected chi connectivity index (χ4v) is 2.05. The van der Waals surface area contributed by atoms with E-state index < -0.39 is 5.97 Å². The number of aromatic nitrogens is 3. The number of aromatic carboxylic acids is 1. The summed E-state index contributed by atoms with van der Waals surface area (Å²) in [7, 11) is 0. The maximum absolute atomic E-state index is 12.3. The molecule has 0 spiro atoms. The molecule has 1 heterocycles. The van der Waals surface area contributed by atoms with Gasteiger partial charge in [0.1, 0.15) is 5.52 Å². The average molecular weight is 281 g/mol. The van der Waals surface area contributed by atoms with Crippen LogP contribution >= 0.6 is 0 Å². The van der Waals surface area contributed by atoms with Gasteiger partial charge in [0.15, 0.2) is 0 Å². The maximum Gasteiger partial charge on any atom is 0.335 e. The Balaban J connectivity index is 1.96. The van der Waals surface area contributed by atoms with Crippen LogP contribution in [0.1, 0.15) is 15.9 Å². The fraction of sp³-hybridized carbons (Fsp3) is 0.0667. The highest BCUT2D eigenvalue weighted by atomic mass is 16.4. The van der Waals surface area contributed by atoms with Gasteiger partial charge in [0.25, 0.3) is 5.56 Å². The maximum atomic E-state index is 12.3. The quantitative estimate of drug-likeness (QED) is 0.787. The van der Waals surface area contributed by atoms with Crippen molar-refractivity contribution in [1.82, 2.24) is 15.0 Å². The highest BCUT2D eigenvalue weighted by Crippen LogP contribution is 2.07. The molecule has 0 saturated carbocycles. The largest absolute Gasteiger partial charge is 0.478 e. The molecule has 0 aliphatic carbocycles. The van der Waals surface area contributed by atoms with Gasteiger partial charge in [-0.15, -0.1) is 5.10 Å². The van der Waals surface area contributed by atoms with Crippen molar-refractivity contribution in [3.05, 3.63) is 70.0 Å². The third-order valence-corrected chi connectivity index (χ3v) is 3.16. The third kappa shape index (κ3) is 2.51. The second kappa shape index (κ2) is 5.16. The van der Waals surface area contributed by atoms with Crippen molar-refractivity contribution in [3.8, 4) is 0 Å². The van der Waals surface area contributed by atoms with E-state index in [4.69, 9.17) is 5.11 Å². The Morgan fingerprint density at radius 2 is 1.81 bits per heavy atom. The summed E-state index contributed by atoms with van der Waals surface area (Å²) >= 11 is 0. The molecule has 0 amide bonds. The van der Waals surface area contributed by atoms with Crippen molar-refractivity contribution in [2.75, 3.05) is 0 Å². The zero-order valence-electron chi connectivity index (χ0n) is 10.9. The molecule has 2 aromatic carbocycles. The molecule has 0 fully saturated rings. The van der Waals surface area contributed by atoms with Gasteiger partial charge in [0.05, 0.1) is 17.5 Å². The van der Waals surface area contributed by atoms with Gasteiger partial charge in [-0.05, 0) is 29.8 Å². The minimum absolute atomic E-state index is 0.204. The van der Waals surface area contributed by atoms with Crippen LogP contribution in [0.15, 0.2) is 53.3 Å². The van der Waals surface area contributed by atoms with E-state index >= 15 is 0 Å². The lowest BCUT2D eigenvalue weighted by molar-refractivity contribution is 0.0697. The summed E-state index contributed by atoms with van der Waals surface area (Å²) in [6.07, 6.45) is 0. The van der Waals surface area contributed by atoms with Crippen LogP contribution in [0.5, 0.6) is 0 Å². The molecule has 6 heteroatoms. The fourth-order valence-electron chi connectivity index (χ4n) is 2.05. The molecule has 3 aromatic rings. The zero-order chi connectivity index (χ0) is 14.8. The first-order valence-corrected chi connectivity index (χ1v) is 6.30. The van der Waals surface area contributed by atoms with Crippen LogP contribution in [0.25, 0.3) is 10.9 Å². The Kier molecular flexibility index (Phi) is 3.19. The first-order chi connectivity index (χ1) is 10.1. The van der Waals surface area contributed by atoms with Crippen molar-refractivity contribution in [2.24, 2.45) is 0 Å². The minimum Gasteiger partial charge on any atom is -0.478 e. The Labute approximate surface area is 119 Å². The van der Waals surface area contributed by atoms with E-state index in [9.17, 15) is 9.59 Å². The summed E-state index contributed by atoms with van der Waals surface area (Å²) < 4.78 is 1.26. The third-order valence-electron chi connectivity index (χ3n) is 3.16.